The number of fused-ring (bicyclic) bond motifs is 1. The van der Waals surface area contributed by atoms with Crippen molar-refractivity contribution in [2.45, 2.75) is 13.0 Å². The first-order chi connectivity index (χ1) is 12.7. The quantitative estimate of drug-likeness (QED) is 0.786. The van der Waals surface area contributed by atoms with Crippen molar-refractivity contribution in [2.24, 2.45) is 0 Å². The molecule has 0 bridgehead atoms. The van der Waals surface area contributed by atoms with Crippen molar-refractivity contribution in [3.8, 4) is 0 Å². The maximum atomic E-state index is 13.0. The summed E-state index contributed by atoms with van der Waals surface area (Å²) in [4.78, 5) is 23.1. The van der Waals surface area contributed by atoms with Gasteiger partial charge in [0.05, 0.1) is 0 Å². The summed E-state index contributed by atoms with van der Waals surface area (Å²) in [6, 6.07) is 15.7. The Morgan fingerprint density at radius 1 is 1.04 bits per heavy atom. The SMILES string of the molecule is O=C(c1ccnc(Nc2ccc(F)cc2)n1)N1CCc2ccccc2C1. The Morgan fingerprint density at radius 2 is 1.81 bits per heavy atom. The van der Waals surface area contributed by atoms with Gasteiger partial charge in [0.1, 0.15) is 11.5 Å². The number of carbonyl (C=O) groups excluding carboxylic acids is 1. The molecule has 1 aliphatic rings. The lowest BCUT2D eigenvalue weighted by Gasteiger charge is -2.28. The van der Waals surface area contributed by atoms with E-state index in [0.717, 1.165) is 6.42 Å². The molecule has 1 N–H and O–H groups in total. The third-order valence-corrected chi connectivity index (χ3v) is 4.39. The molecule has 6 heteroatoms. The molecule has 0 radical (unpaired) electrons. The third kappa shape index (κ3) is 3.39. The number of nitrogens with zero attached hydrogens (tertiary/aromatic N) is 3. The fourth-order valence-corrected chi connectivity index (χ4v) is 3.03. The van der Waals surface area contributed by atoms with Crippen LogP contribution in [0, 0.1) is 5.82 Å². The molecule has 1 amide bonds. The highest BCUT2D eigenvalue weighted by Crippen LogP contribution is 2.20. The topological polar surface area (TPSA) is 58.1 Å². The number of nitrogens with one attached hydrogen (secondary N) is 1. The Balaban J connectivity index is 1.51. The minimum Gasteiger partial charge on any atom is -0.333 e. The number of carbonyl (C=O) groups is 1. The Bertz CT molecular complexity index is 943. The summed E-state index contributed by atoms with van der Waals surface area (Å²) < 4.78 is 13.0. The minimum atomic E-state index is -0.314. The van der Waals surface area contributed by atoms with Crippen LogP contribution in [0.5, 0.6) is 0 Å². The van der Waals surface area contributed by atoms with Gasteiger partial charge in [-0.15, -0.1) is 0 Å². The van der Waals surface area contributed by atoms with Crippen LogP contribution >= 0.6 is 0 Å². The van der Waals surface area contributed by atoms with Crippen LogP contribution < -0.4 is 5.32 Å². The minimum absolute atomic E-state index is 0.121. The van der Waals surface area contributed by atoms with Gasteiger partial charge in [0.25, 0.3) is 5.91 Å². The van der Waals surface area contributed by atoms with Crippen molar-refractivity contribution in [3.05, 3.63) is 83.4 Å². The lowest BCUT2D eigenvalue weighted by molar-refractivity contribution is 0.0728. The van der Waals surface area contributed by atoms with Crippen molar-refractivity contribution < 1.29 is 9.18 Å². The average Bonchev–Trinajstić information content (AvgIpc) is 2.69. The van der Waals surface area contributed by atoms with E-state index in [1.54, 1.807) is 29.3 Å². The lowest BCUT2D eigenvalue weighted by atomic mass is 10.00. The second kappa shape index (κ2) is 6.92. The summed E-state index contributed by atoms with van der Waals surface area (Å²) in [7, 11) is 0. The summed E-state index contributed by atoms with van der Waals surface area (Å²) in [5, 5.41) is 2.99. The first kappa shape index (κ1) is 16.2. The standard InChI is InChI=1S/C20H17FN4O/c21-16-5-7-17(8-6-16)23-20-22-11-9-18(24-20)19(26)25-12-10-14-3-1-2-4-15(14)13-25/h1-9,11H,10,12-13H2,(H,22,23,24). The zero-order valence-corrected chi connectivity index (χ0v) is 14.0. The number of hydrogen-bond acceptors (Lipinski definition) is 4. The first-order valence-electron chi connectivity index (χ1n) is 8.41. The van der Waals surface area contributed by atoms with E-state index in [9.17, 15) is 9.18 Å². The van der Waals surface area contributed by atoms with Crippen molar-refractivity contribution in [1.29, 1.82) is 0 Å². The maximum absolute atomic E-state index is 13.0. The van der Waals surface area contributed by atoms with Gasteiger partial charge in [-0.3, -0.25) is 4.79 Å². The van der Waals surface area contributed by atoms with E-state index >= 15 is 0 Å². The molecule has 1 aliphatic heterocycles. The van der Waals surface area contributed by atoms with Crippen LogP contribution in [-0.2, 0) is 13.0 Å². The van der Waals surface area contributed by atoms with Gasteiger partial charge in [-0.25, -0.2) is 14.4 Å². The summed E-state index contributed by atoms with van der Waals surface area (Å²) in [5.74, 6) is -0.130. The number of halogens is 1. The van der Waals surface area contributed by atoms with E-state index in [1.165, 1.54) is 23.3 Å². The summed E-state index contributed by atoms with van der Waals surface area (Å²) >= 11 is 0. The van der Waals surface area contributed by atoms with Crippen molar-refractivity contribution >= 4 is 17.5 Å². The van der Waals surface area contributed by atoms with Crippen LogP contribution in [0.25, 0.3) is 0 Å². The van der Waals surface area contributed by atoms with Crippen molar-refractivity contribution in [2.75, 3.05) is 11.9 Å². The molecule has 0 atom stereocenters. The molecule has 1 aromatic heterocycles. The first-order valence-corrected chi connectivity index (χ1v) is 8.41. The van der Waals surface area contributed by atoms with Crippen LogP contribution in [0.15, 0.2) is 60.8 Å². The van der Waals surface area contributed by atoms with E-state index in [1.807, 2.05) is 12.1 Å². The molecular formula is C20H17FN4O. The van der Waals surface area contributed by atoms with Crippen LogP contribution in [0.1, 0.15) is 21.6 Å². The second-order valence-corrected chi connectivity index (χ2v) is 6.14. The molecule has 2 aromatic carbocycles. The van der Waals surface area contributed by atoms with E-state index < -0.39 is 0 Å². The molecule has 4 rings (SSSR count). The average molecular weight is 348 g/mol. The van der Waals surface area contributed by atoms with Gasteiger partial charge in [-0.1, -0.05) is 24.3 Å². The fraction of sp³-hybridized carbons (Fsp3) is 0.150. The summed E-state index contributed by atoms with van der Waals surface area (Å²) in [6.45, 7) is 1.25. The predicted octanol–water partition coefficient (Wildman–Crippen LogP) is 3.56. The van der Waals surface area contributed by atoms with Gasteiger partial charge in [0.15, 0.2) is 0 Å². The second-order valence-electron chi connectivity index (χ2n) is 6.14. The molecule has 130 valence electrons. The fourth-order valence-electron chi connectivity index (χ4n) is 3.03. The van der Waals surface area contributed by atoms with Crippen molar-refractivity contribution in [1.82, 2.24) is 14.9 Å². The molecule has 0 saturated carbocycles. The van der Waals surface area contributed by atoms with Gasteiger partial charge >= 0.3 is 0 Å². The normalized spacial score (nSPS) is 13.2. The third-order valence-electron chi connectivity index (χ3n) is 4.39. The highest BCUT2D eigenvalue weighted by molar-refractivity contribution is 5.92. The van der Waals surface area contributed by atoms with E-state index in [2.05, 4.69) is 27.4 Å². The lowest BCUT2D eigenvalue weighted by Crippen LogP contribution is -2.36. The summed E-state index contributed by atoms with van der Waals surface area (Å²) in [5.41, 5.74) is 3.45. The van der Waals surface area contributed by atoms with Crippen LogP contribution in [0.3, 0.4) is 0 Å². The van der Waals surface area contributed by atoms with Gasteiger partial charge in [-0.2, -0.15) is 0 Å². The van der Waals surface area contributed by atoms with Gasteiger partial charge < -0.3 is 10.2 Å². The van der Waals surface area contributed by atoms with Gasteiger partial charge in [0, 0.05) is 25.0 Å². The molecule has 0 fully saturated rings. The molecule has 3 aromatic rings. The summed E-state index contributed by atoms with van der Waals surface area (Å²) in [6.07, 6.45) is 2.39. The Hall–Kier alpha value is -3.28. The van der Waals surface area contributed by atoms with Gasteiger partial charge in [0.2, 0.25) is 5.95 Å². The smallest absolute Gasteiger partial charge is 0.272 e. The van der Waals surface area contributed by atoms with Crippen LogP contribution in [-0.4, -0.2) is 27.3 Å². The van der Waals surface area contributed by atoms with Crippen LogP contribution in [0.4, 0.5) is 16.0 Å². The number of aromatic nitrogens is 2. The predicted molar refractivity (Wildman–Crippen MR) is 96.6 cm³/mol. The Morgan fingerprint density at radius 3 is 2.62 bits per heavy atom. The molecule has 26 heavy (non-hydrogen) atoms. The highest BCUT2D eigenvalue weighted by Gasteiger charge is 2.22. The Kier molecular flexibility index (Phi) is 4.31. The zero-order valence-electron chi connectivity index (χ0n) is 14.0. The molecule has 2 heterocycles. The number of rotatable bonds is 3. The molecule has 0 saturated heterocycles. The zero-order chi connectivity index (χ0) is 17.9. The molecular weight excluding hydrogens is 331 g/mol. The number of amides is 1. The van der Waals surface area contributed by atoms with Crippen molar-refractivity contribution in [3.63, 3.8) is 0 Å². The van der Waals surface area contributed by atoms with Gasteiger partial charge in [-0.05, 0) is 47.9 Å². The van der Waals surface area contributed by atoms with E-state index in [-0.39, 0.29) is 11.7 Å². The molecule has 0 unspecified atom stereocenters. The molecule has 0 aliphatic carbocycles. The molecule has 0 spiro atoms. The number of benzene rings is 2. The monoisotopic (exact) mass is 348 g/mol. The number of anilines is 2. The van der Waals surface area contributed by atoms with E-state index in [4.69, 9.17) is 0 Å². The van der Waals surface area contributed by atoms with Crippen LogP contribution in [0.2, 0.25) is 0 Å². The highest BCUT2D eigenvalue weighted by atomic mass is 19.1. The Labute approximate surface area is 150 Å². The number of hydrogen-bond donors (Lipinski definition) is 1. The maximum Gasteiger partial charge on any atom is 0.272 e. The largest absolute Gasteiger partial charge is 0.333 e. The van der Waals surface area contributed by atoms with E-state index in [0.29, 0.717) is 30.4 Å². The molecule has 5 nitrogen and oxygen atoms in total.